The molecule has 0 spiro atoms. The second kappa shape index (κ2) is 10.3. The first-order chi connectivity index (χ1) is 17.9. The molecule has 1 aliphatic rings. The average molecular weight is 520 g/mol. The van der Waals surface area contributed by atoms with Crippen molar-refractivity contribution in [1.82, 2.24) is 21.2 Å². The Kier molecular flexibility index (Phi) is 6.76. The summed E-state index contributed by atoms with van der Waals surface area (Å²) in [5.74, 6) is -0.358. The summed E-state index contributed by atoms with van der Waals surface area (Å²) < 4.78 is 19.7. The summed E-state index contributed by atoms with van der Waals surface area (Å²) in [4.78, 5) is 12.5. The molecule has 37 heavy (non-hydrogen) atoms. The van der Waals surface area contributed by atoms with E-state index >= 15 is 0 Å². The molecule has 9 nitrogen and oxygen atoms in total. The molecular formula is C26H23ClFN7O2. The minimum Gasteiger partial charge on any atom is -0.377 e. The predicted molar refractivity (Wildman–Crippen MR) is 140 cm³/mol. The Balaban J connectivity index is 1.37. The normalized spacial score (nSPS) is 13.9. The lowest BCUT2D eigenvalue weighted by Gasteiger charge is -2.20. The topological polar surface area (TPSA) is 107 Å². The van der Waals surface area contributed by atoms with Gasteiger partial charge in [0.2, 0.25) is 5.76 Å². The summed E-state index contributed by atoms with van der Waals surface area (Å²) in [5, 5.41) is 15.8. The summed E-state index contributed by atoms with van der Waals surface area (Å²) >= 11 is 6.39. The van der Waals surface area contributed by atoms with Gasteiger partial charge in [0.1, 0.15) is 5.82 Å². The van der Waals surface area contributed by atoms with Gasteiger partial charge in [0.25, 0.3) is 5.91 Å². The summed E-state index contributed by atoms with van der Waals surface area (Å²) in [5.41, 5.74) is 9.71. The van der Waals surface area contributed by atoms with Crippen molar-refractivity contribution < 1.29 is 13.7 Å². The van der Waals surface area contributed by atoms with Crippen LogP contribution in [0.1, 0.15) is 34.6 Å². The number of benzene rings is 3. The smallest absolute Gasteiger partial charge is 0.294 e. The second-order valence-corrected chi connectivity index (χ2v) is 8.78. The van der Waals surface area contributed by atoms with Crippen LogP contribution in [0.4, 0.5) is 15.8 Å². The fraction of sp³-hybridized carbons (Fsp3) is 0.115. The maximum atomic E-state index is 14.8. The number of amidine groups is 1. The van der Waals surface area contributed by atoms with Crippen LogP contribution >= 0.6 is 11.6 Å². The molecule has 1 atom stereocenters. The molecule has 0 saturated heterocycles. The summed E-state index contributed by atoms with van der Waals surface area (Å²) in [6.45, 7) is 1.99. The van der Waals surface area contributed by atoms with E-state index in [1.165, 1.54) is 18.3 Å². The highest BCUT2D eigenvalue weighted by Gasteiger charge is 2.21. The van der Waals surface area contributed by atoms with Crippen molar-refractivity contribution in [2.75, 3.05) is 17.7 Å². The molecule has 1 amide bonds. The molecule has 0 saturated carbocycles. The molecule has 3 aromatic carbocycles. The summed E-state index contributed by atoms with van der Waals surface area (Å²) in [6.07, 6.45) is 1.40. The number of hydrazine groups is 2. The van der Waals surface area contributed by atoms with Crippen molar-refractivity contribution in [3.05, 3.63) is 101 Å². The largest absolute Gasteiger partial charge is 0.377 e. The number of rotatable bonds is 7. The molecule has 1 aliphatic heterocycles. The molecule has 188 valence electrons. The summed E-state index contributed by atoms with van der Waals surface area (Å²) in [7, 11) is 1.74. The molecule has 0 fully saturated rings. The van der Waals surface area contributed by atoms with Crippen molar-refractivity contribution in [3.8, 4) is 11.1 Å². The van der Waals surface area contributed by atoms with Gasteiger partial charge in [-0.15, -0.1) is 10.2 Å². The first-order valence-corrected chi connectivity index (χ1v) is 11.8. The lowest BCUT2D eigenvalue weighted by atomic mass is 9.96. The number of nitrogens with zero attached hydrogens (tertiary/aromatic N) is 3. The van der Waals surface area contributed by atoms with E-state index in [0.29, 0.717) is 33.4 Å². The Morgan fingerprint density at radius 2 is 1.89 bits per heavy atom. The van der Waals surface area contributed by atoms with Gasteiger partial charge < -0.3 is 15.2 Å². The van der Waals surface area contributed by atoms with Gasteiger partial charge in [0.05, 0.1) is 28.2 Å². The Hall–Kier alpha value is -4.41. The maximum absolute atomic E-state index is 14.8. The number of hydrazone groups is 1. The van der Waals surface area contributed by atoms with Gasteiger partial charge in [-0.25, -0.2) is 9.93 Å². The number of hydrogen-bond acceptors (Lipinski definition) is 8. The zero-order valence-corrected chi connectivity index (χ0v) is 20.7. The van der Waals surface area contributed by atoms with E-state index < -0.39 is 5.91 Å². The third-order valence-electron chi connectivity index (χ3n) is 5.84. The van der Waals surface area contributed by atoms with Gasteiger partial charge in [-0.3, -0.25) is 10.2 Å². The number of carbonyl (C=O) groups excluding carboxylic acids is 1. The molecule has 0 radical (unpaired) electrons. The highest BCUT2D eigenvalue weighted by molar-refractivity contribution is 6.34. The van der Waals surface area contributed by atoms with Gasteiger partial charge >= 0.3 is 0 Å². The lowest BCUT2D eigenvalue weighted by Crippen LogP contribution is -2.38. The monoisotopic (exact) mass is 519 g/mol. The number of anilines is 2. The Morgan fingerprint density at radius 3 is 2.59 bits per heavy atom. The Bertz CT molecular complexity index is 1460. The predicted octanol–water partition coefficient (Wildman–Crippen LogP) is 5.18. The van der Waals surface area contributed by atoms with Crippen molar-refractivity contribution in [3.63, 3.8) is 0 Å². The molecule has 4 N–H and O–H groups in total. The third-order valence-corrected chi connectivity index (χ3v) is 6.16. The zero-order chi connectivity index (χ0) is 25.9. The van der Waals surface area contributed by atoms with Crippen LogP contribution in [0.3, 0.4) is 0 Å². The molecule has 11 heteroatoms. The quantitative estimate of drug-likeness (QED) is 0.267. The van der Waals surface area contributed by atoms with E-state index in [-0.39, 0.29) is 17.6 Å². The van der Waals surface area contributed by atoms with E-state index in [4.69, 9.17) is 16.1 Å². The fourth-order valence-electron chi connectivity index (χ4n) is 4.00. The molecule has 1 unspecified atom stereocenters. The van der Waals surface area contributed by atoms with Crippen LogP contribution in [0.2, 0.25) is 5.02 Å². The van der Waals surface area contributed by atoms with Gasteiger partial charge in [-0.1, -0.05) is 59.2 Å². The van der Waals surface area contributed by atoms with E-state index in [0.717, 1.165) is 11.1 Å². The maximum Gasteiger partial charge on any atom is 0.294 e. The van der Waals surface area contributed by atoms with E-state index in [1.807, 2.05) is 43.3 Å². The Labute approximate surface area is 217 Å². The zero-order valence-electron chi connectivity index (χ0n) is 19.9. The van der Waals surface area contributed by atoms with Crippen LogP contribution in [-0.2, 0) is 0 Å². The van der Waals surface area contributed by atoms with Crippen LogP contribution in [-0.4, -0.2) is 29.1 Å². The van der Waals surface area contributed by atoms with Crippen LogP contribution in [0, 0.1) is 5.82 Å². The first-order valence-electron chi connectivity index (χ1n) is 11.4. The van der Waals surface area contributed by atoms with Crippen molar-refractivity contribution >= 4 is 34.7 Å². The molecule has 1 aromatic heterocycles. The number of nitrogens with one attached hydrogen (secondary N) is 4. The molecule has 2 heterocycles. The van der Waals surface area contributed by atoms with Crippen molar-refractivity contribution in [1.29, 1.82) is 0 Å². The van der Waals surface area contributed by atoms with Crippen molar-refractivity contribution in [2.24, 2.45) is 5.10 Å². The molecule has 0 bridgehead atoms. The van der Waals surface area contributed by atoms with Crippen LogP contribution in [0.5, 0.6) is 0 Å². The minimum atomic E-state index is -0.459. The fourth-order valence-corrected chi connectivity index (χ4v) is 4.22. The number of para-hydroxylation sites is 1. The molecule has 0 aliphatic carbocycles. The molecule has 4 aromatic rings. The van der Waals surface area contributed by atoms with Gasteiger partial charge in [-0.05, 0) is 41.8 Å². The van der Waals surface area contributed by atoms with E-state index in [1.54, 1.807) is 30.4 Å². The molecular weight excluding hydrogens is 497 g/mol. The number of amides is 1. The first kappa shape index (κ1) is 24.3. The highest BCUT2D eigenvalue weighted by Crippen LogP contribution is 2.34. The molecule has 5 rings (SSSR count). The number of hydrogen-bond donors (Lipinski definition) is 4. The van der Waals surface area contributed by atoms with Crippen LogP contribution < -0.4 is 21.6 Å². The third kappa shape index (κ3) is 5.11. The summed E-state index contributed by atoms with van der Waals surface area (Å²) in [6, 6.07) is 19.4. The SMILES string of the molecule is CC(Nc1cccc(Cl)c1NC(=O)c1ccno1)c1ccc(-c2cccc(F)c2C2=NNN(C)N2)cc1. The standard InChI is InChI=1S/C26H23ClFN7O2/c1-15(30-21-8-4-6-19(27)24(21)31-26(36)22-13-14-29-37-22)16-9-11-17(12-10-16)18-5-3-7-20(28)23(18)25-32-34-35(2)33-25/h3-15,30,34H,1-2H3,(H,31,36)(H,32,33). The van der Waals surface area contributed by atoms with Gasteiger partial charge in [0, 0.05) is 19.2 Å². The Morgan fingerprint density at radius 1 is 1.11 bits per heavy atom. The number of halogens is 2. The average Bonchev–Trinajstić information content (AvgIpc) is 3.58. The van der Waals surface area contributed by atoms with Gasteiger partial charge in [-0.2, -0.15) is 0 Å². The number of aromatic nitrogens is 1. The van der Waals surface area contributed by atoms with Gasteiger partial charge in [0.15, 0.2) is 5.84 Å². The van der Waals surface area contributed by atoms with E-state index in [2.05, 4.69) is 31.9 Å². The van der Waals surface area contributed by atoms with Crippen molar-refractivity contribution in [2.45, 2.75) is 13.0 Å². The number of carbonyl (C=O) groups is 1. The minimum absolute atomic E-state index is 0.0763. The van der Waals surface area contributed by atoms with E-state index in [9.17, 15) is 9.18 Å². The van der Waals surface area contributed by atoms with Crippen LogP contribution in [0.15, 0.2) is 82.6 Å². The van der Waals surface area contributed by atoms with Crippen LogP contribution in [0.25, 0.3) is 11.1 Å². The second-order valence-electron chi connectivity index (χ2n) is 8.37. The lowest BCUT2D eigenvalue weighted by molar-refractivity contribution is 0.0988. The highest BCUT2D eigenvalue weighted by atomic mass is 35.5.